The lowest BCUT2D eigenvalue weighted by Crippen LogP contribution is -2.10. The second-order valence-electron chi connectivity index (χ2n) is 14.0. The van der Waals surface area contributed by atoms with Crippen molar-refractivity contribution in [2.75, 3.05) is 4.90 Å². The zero-order chi connectivity index (χ0) is 36.3. The molecule has 0 atom stereocenters. The quantitative estimate of drug-likeness (QED) is 0.173. The average Bonchev–Trinajstić information content (AvgIpc) is 3.80. The first-order chi connectivity index (χ1) is 27.3. The van der Waals surface area contributed by atoms with E-state index in [-0.39, 0.29) is 0 Å². The van der Waals surface area contributed by atoms with Crippen LogP contribution in [0.3, 0.4) is 0 Å². The van der Waals surface area contributed by atoms with Gasteiger partial charge in [-0.2, -0.15) is 0 Å². The number of nitrogens with zero attached hydrogens (tertiary/aromatic N) is 3. The van der Waals surface area contributed by atoms with Crippen molar-refractivity contribution in [1.29, 1.82) is 0 Å². The lowest BCUT2D eigenvalue weighted by molar-refractivity contribution is 0.670. The molecule has 11 aromatic rings. The van der Waals surface area contributed by atoms with Crippen LogP contribution in [-0.4, -0.2) is 9.55 Å². The molecule has 4 nitrogen and oxygen atoms in total. The van der Waals surface area contributed by atoms with Gasteiger partial charge in [-0.1, -0.05) is 121 Å². The second kappa shape index (κ2) is 12.6. The van der Waals surface area contributed by atoms with Crippen molar-refractivity contribution in [1.82, 2.24) is 9.55 Å². The zero-order valence-electron chi connectivity index (χ0n) is 29.8. The molecule has 3 aromatic heterocycles. The minimum atomic E-state index is 0.901. The molecule has 0 spiro atoms. The Morgan fingerprint density at radius 2 is 1.11 bits per heavy atom. The van der Waals surface area contributed by atoms with Gasteiger partial charge in [0.25, 0.3) is 0 Å². The summed E-state index contributed by atoms with van der Waals surface area (Å²) in [6.07, 6.45) is 1.87. The third-order valence-electron chi connectivity index (χ3n) is 10.8. The minimum Gasteiger partial charge on any atom is -0.455 e. The standard InChI is InChI=1S/C51H33N3O/c1-2-13-38(14-3-1)54-46-19-6-4-15-42(46)45-33-37(26-31-47(45)54)34-22-27-39(28-23-34)53(48-20-8-11-36-12-10-32-52-50(36)48)40-29-24-35(25-30-40)41-17-9-18-44-43-16-5-7-21-49(43)55-51(41)44/h1-33H. The molecule has 0 unspecified atom stereocenters. The summed E-state index contributed by atoms with van der Waals surface area (Å²) in [5.74, 6) is 0. The minimum absolute atomic E-state index is 0.901. The molecule has 0 saturated heterocycles. The van der Waals surface area contributed by atoms with E-state index in [2.05, 4.69) is 185 Å². The van der Waals surface area contributed by atoms with Gasteiger partial charge in [-0.15, -0.1) is 0 Å². The molecule has 0 radical (unpaired) electrons. The molecule has 3 heterocycles. The molecule has 0 aliphatic carbocycles. The van der Waals surface area contributed by atoms with E-state index in [4.69, 9.17) is 9.40 Å². The van der Waals surface area contributed by atoms with Gasteiger partial charge in [0.2, 0.25) is 0 Å². The fourth-order valence-corrected chi connectivity index (χ4v) is 8.27. The van der Waals surface area contributed by atoms with E-state index < -0.39 is 0 Å². The van der Waals surface area contributed by atoms with Gasteiger partial charge in [-0.05, 0) is 89.5 Å². The Morgan fingerprint density at radius 1 is 0.455 bits per heavy atom. The topological polar surface area (TPSA) is 34.2 Å². The number of fused-ring (bicyclic) bond motifs is 7. The maximum atomic E-state index is 6.40. The lowest BCUT2D eigenvalue weighted by Gasteiger charge is -2.26. The molecule has 0 bridgehead atoms. The third kappa shape index (κ3) is 5.11. The first kappa shape index (κ1) is 31.1. The monoisotopic (exact) mass is 703 g/mol. The fourth-order valence-electron chi connectivity index (χ4n) is 8.27. The van der Waals surface area contributed by atoms with E-state index in [1.165, 1.54) is 27.4 Å². The largest absolute Gasteiger partial charge is 0.455 e. The van der Waals surface area contributed by atoms with E-state index in [0.29, 0.717) is 0 Å². The predicted octanol–water partition coefficient (Wildman–Crippen LogP) is 14.0. The van der Waals surface area contributed by atoms with Gasteiger partial charge in [0.05, 0.1) is 22.2 Å². The highest BCUT2D eigenvalue weighted by Gasteiger charge is 2.19. The summed E-state index contributed by atoms with van der Waals surface area (Å²) < 4.78 is 8.75. The lowest BCUT2D eigenvalue weighted by atomic mass is 10.0. The number of rotatable bonds is 6. The molecule has 0 fully saturated rings. The summed E-state index contributed by atoms with van der Waals surface area (Å²) in [4.78, 5) is 7.17. The summed E-state index contributed by atoms with van der Waals surface area (Å²) >= 11 is 0. The molecule has 11 rings (SSSR count). The van der Waals surface area contributed by atoms with Crippen LogP contribution < -0.4 is 4.90 Å². The summed E-state index contributed by atoms with van der Waals surface area (Å²) in [5.41, 5.74) is 14.0. The molecule has 4 heteroatoms. The summed E-state index contributed by atoms with van der Waals surface area (Å²) in [6, 6.07) is 68.9. The Bertz CT molecular complexity index is 3190. The van der Waals surface area contributed by atoms with Crippen molar-refractivity contribution in [2.24, 2.45) is 0 Å². The fraction of sp³-hybridized carbons (Fsp3) is 0. The maximum absolute atomic E-state index is 6.40. The Balaban J connectivity index is 1.01. The van der Waals surface area contributed by atoms with Crippen molar-refractivity contribution >= 4 is 71.7 Å². The van der Waals surface area contributed by atoms with Crippen LogP contribution in [0.4, 0.5) is 17.1 Å². The van der Waals surface area contributed by atoms with E-state index in [1.54, 1.807) is 0 Å². The molecule has 0 N–H and O–H groups in total. The normalized spacial score (nSPS) is 11.6. The highest BCUT2D eigenvalue weighted by molar-refractivity contribution is 6.11. The Morgan fingerprint density at radius 3 is 1.95 bits per heavy atom. The van der Waals surface area contributed by atoms with Crippen LogP contribution in [0.1, 0.15) is 0 Å². The Labute approximate surface area is 317 Å². The molecule has 0 aliphatic rings. The van der Waals surface area contributed by atoms with Crippen LogP contribution in [0.2, 0.25) is 0 Å². The average molecular weight is 704 g/mol. The molecule has 0 aliphatic heterocycles. The second-order valence-corrected chi connectivity index (χ2v) is 14.0. The number of aromatic nitrogens is 2. The number of hydrogen-bond donors (Lipinski definition) is 0. The zero-order valence-corrected chi connectivity index (χ0v) is 29.8. The van der Waals surface area contributed by atoms with Crippen molar-refractivity contribution in [3.63, 3.8) is 0 Å². The van der Waals surface area contributed by atoms with Gasteiger partial charge in [0, 0.05) is 55.8 Å². The predicted molar refractivity (Wildman–Crippen MR) is 229 cm³/mol. The van der Waals surface area contributed by atoms with Crippen LogP contribution in [-0.2, 0) is 0 Å². The van der Waals surface area contributed by atoms with Gasteiger partial charge in [-0.3, -0.25) is 4.98 Å². The SMILES string of the molecule is c1ccc(-n2c3ccccc3c3cc(-c4ccc(N(c5ccc(-c6cccc7c6oc6ccccc67)cc5)c5cccc6cccnc56)cc4)ccc32)cc1. The molecule has 0 saturated carbocycles. The number of anilines is 3. The first-order valence-corrected chi connectivity index (χ1v) is 18.6. The number of hydrogen-bond acceptors (Lipinski definition) is 3. The molecule has 8 aromatic carbocycles. The number of furan rings is 1. The van der Waals surface area contributed by atoms with Crippen molar-refractivity contribution in [3.8, 4) is 27.9 Å². The van der Waals surface area contributed by atoms with Crippen molar-refractivity contribution < 1.29 is 4.42 Å². The molecular weight excluding hydrogens is 671 g/mol. The highest BCUT2D eigenvalue weighted by Crippen LogP contribution is 2.42. The Hall–Kier alpha value is -7.43. The smallest absolute Gasteiger partial charge is 0.143 e. The van der Waals surface area contributed by atoms with E-state index in [0.717, 1.165) is 72.3 Å². The van der Waals surface area contributed by atoms with Crippen molar-refractivity contribution in [3.05, 3.63) is 200 Å². The number of benzene rings is 8. The summed E-state index contributed by atoms with van der Waals surface area (Å²) in [5, 5.41) is 5.84. The molecule has 0 amide bonds. The highest BCUT2D eigenvalue weighted by atomic mass is 16.3. The van der Waals surface area contributed by atoms with Gasteiger partial charge >= 0.3 is 0 Å². The summed E-state index contributed by atoms with van der Waals surface area (Å²) in [7, 11) is 0. The van der Waals surface area contributed by atoms with E-state index in [1.807, 2.05) is 24.4 Å². The number of para-hydroxylation sites is 5. The number of pyridine rings is 1. The van der Waals surface area contributed by atoms with Gasteiger partial charge in [-0.25, -0.2) is 0 Å². The van der Waals surface area contributed by atoms with Crippen LogP contribution in [0.15, 0.2) is 205 Å². The van der Waals surface area contributed by atoms with Crippen LogP contribution in [0, 0.1) is 0 Å². The van der Waals surface area contributed by atoms with Gasteiger partial charge < -0.3 is 13.9 Å². The molecular formula is C51H33N3O. The van der Waals surface area contributed by atoms with E-state index >= 15 is 0 Å². The van der Waals surface area contributed by atoms with E-state index in [9.17, 15) is 0 Å². The first-order valence-electron chi connectivity index (χ1n) is 18.6. The molecule has 258 valence electrons. The van der Waals surface area contributed by atoms with Crippen LogP contribution in [0.25, 0.3) is 82.6 Å². The molecule has 55 heavy (non-hydrogen) atoms. The van der Waals surface area contributed by atoms with Crippen LogP contribution >= 0.6 is 0 Å². The summed E-state index contributed by atoms with van der Waals surface area (Å²) in [6.45, 7) is 0. The van der Waals surface area contributed by atoms with Gasteiger partial charge in [0.1, 0.15) is 11.2 Å². The van der Waals surface area contributed by atoms with Crippen LogP contribution in [0.5, 0.6) is 0 Å². The van der Waals surface area contributed by atoms with Crippen molar-refractivity contribution in [2.45, 2.75) is 0 Å². The third-order valence-corrected chi connectivity index (χ3v) is 10.8. The Kier molecular flexibility index (Phi) is 7.14. The maximum Gasteiger partial charge on any atom is 0.143 e. The van der Waals surface area contributed by atoms with Gasteiger partial charge in [0.15, 0.2) is 0 Å².